The first-order valence-electron chi connectivity index (χ1n) is 9.01. The first kappa shape index (κ1) is 17.0. The molecule has 132 valence electrons. The maximum atomic E-state index is 12.6. The van der Waals surface area contributed by atoms with E-state index >= 15 is 0 Å². The summed E-state index contributed by atoms with van der Waals surface area (Å²) in [5.74, 6) is 0.214. The lowest BCUT2D eigenvalue weighted by Crippen LogP contribution is -2.41. The van der Waals surface area contributed by atoms with Crippen molar-refractivity contribution in [3.8, 4) is 0 Å². The van der Waals surface area contributed by atoms with E-state index in [1.165, 1.54) is 0 Å². The maximum absolute atomic E-state index is 12.6. The normalized spacial score (nSPS) is 19.5. The Morgan fingerprint density at radius 1 is 1.04 bits per heavy atom. The molecule has 0 aromatic carbocycles. The zero-order chi connectivity index (χ0) is 16.9. The highest BCUT2D eigenvalue weighted by atomic mass is 16.2. The number of rotatable bonds is 4. The molecule has 3 rings (SSSR count). The van der Waals surface area contributed by atoms with Crippen molar-refractivity contribution >= 4 is 11.8 Å². The van der Waals surface area contributed by atoms with Crippen molar-refractivity contribution in [2.75, 3.05) is 45.8 Å². The fourth-order valence-electron chi connectivity index (χ4n) is 3.40. The predicted octanol–water partition coefficient (Wildman–Crippen LogP) is 0.742. The minimum absolute atomic E-state index is 0.0151. The van der Waals surface area contributed by atoms with Gasteiger partial charge in [0.2, 0.25) is 5.91 Å². The van der Waals surface area contributed by atoms with Gasteiger partial charge in [0.25, 0.3) is 5.91 Å². The summed E-state index contributed by atoms with van der Waals surface area (Å²) in [5.41, 5.74) is 1.47. The largest absolute Gasteiger partial charge is 0.342 e. The SMILES string of the molecule is CCc1cc(C(=O)N2CCCN(CC(=O)N3CCCC3)CC2)n[nH]1. The number of amides is 2. The summed E-state index contributed by atoms with van der Waals surface area (Å²) in [6.07, 6.45) is 3.98. The summed E-state index contributed by atoms with van der Waals surface area (Å²) in [7, 11) is 0. The fourth-order valence-corrected chi connectivity index (χ4v) is 3.40. The maximum Gasteiger partial charge on any atom is 0.274 e. The van der Waals surface area contributed by atoms with Gasteiger partial charge >= 0.3 is 0 Å². The van der Waals surface area contributed by atoms with Gasteiger partial charge in [0.05, 0.1) is 6.54 Å². The summed E-state index contributed by atoms with van der Waals surface area (Å²) in [4.78, 5) is 30.9. The highest BCUT2D eigenvalue weighted by molar-refractivity contribution is 5.92. The predicted molar refractivity (Wildman–Crippen MR) is 90.7 cm³/mol. The molecule has 0 radical (unpaired) electrons. The van der Waals surface area contributed by atoms with Crippen molar-refractivity contribution in [2.45, 2.75) is 32.6 Å². The van der Waals surface area contributed by atoms with Gasteiger partial charge in [0.15, 0.2) is 0 Å². The van der Waals surface area contributed by atoms with Crippen molar-refractivity contribution in [1.82, 2.24) is 24.9 Å². The molecule has 0 aliphatic carbocycles. The number of aromatic nitrogens is 2. The number of nitrogens with one attached hydrogen (secondary N) is 1. The molecule has 0 saturated carbocycles. The van der Waals surface area contributed by atoms with Crippen LogP contribution >= 0.6 is 0 Å². The zero-order valence-corrected chi connectivity index (χ0v) is 14.5. The van der Waals surface area contributed by atoms with E-state index in [1.807, 2.05) is 22.8 Å². The van der Waals surface area contributed by atoms with E-state index in [4.69, 9.17) is 0 Å². The molecule has 7 nitrogen and oxygen atoms in total. The molecule has 1 aromatic heterocycles. The van der Waals surface area contributed by atoms with Crippen molar-refractivity contribution in [1.29, 1.82) is 0 Å². The van der Waals surface area contributed by atoms with Crippen LogP contribution in [0.25, 0.3) is 0 Å². The molecule has 7 heteroatoms. The van der Waals surface area contributed by atoms with Crippen LogP contribution in [0.5, 0.6) is 0 Å². The van der Waals surface area contributed by atoms with Gasteiger partial charge in [-0.25, -0.2) is 0 Å². The topological polar surface area (TPSA) is 72.5 Å². The van der Waals surface area contributed by atoms with Crippen LogP contribution in [0.15, 0.2) is 6.07 Å². The Morgan fingerprint density at radius 2 is 1.79 bits per heavy atom. The van der Waals surface area contributed by atoms with Gasteiger partial charge < -0.3 is 9.80 Å². The Hall–Kier alpha value is -1.89. The lowest BCUT2D eigenvalue weighted by atomic mass is 10.2. The molecular weight excluding hydrogens is 306 g/mol. The Balaban J connectivity index is 1.52. The zero-order valence-electron chi connectivity index (χ0n) is 14.5. The molecule has 2 aliphatic heterocycles. The van der Waals surface area contributed by atoms with E-state index in [0.717, 1.165) is 64.1 Å². The number of carbonyl (C=O) groups is 2. The van der Waals surface area contributed by atoms with Crippen LogP contribution < -0.4 is 0 Å². The quantitative estimate of drug-likeness (QED) is 0.882. The van der Waals surface area contributed by atoms with E-state index in [1.54, 1.807) is 0 Å². The number of aromatic amines is 1. The standard InChI is InChI=1S/C17H27N5O2/c1-2-14-12-15(19-18-14)17(24)22-9-5-6-20(10-11-22)13-16(23)21-7-3-4-8-21/h12H,2-11,13H2,1H3,(H,18,19). The van der Waals surface area contributed by atoms with Gasteiger partial charge in [0, 0.05) is 45.0 Å². The van der Waals surface area contributed by atoms with Crippen LogP contribution in [0.2, 0.25) is 0 Å². The molecule has 0 atom stereocenters. The summed E-state index contributed by atoms with van der Waals surface area (Å²) >= 11 is 0. The smallest absolute Gasteiger partial charge is 0.274 e. The number of H-pyrrole nitrogens is 1. The minimum atomic E-state index is -0.0151. The molecule has 2 aliphatic rings. The molecule has 3 heterocycles. The van der Waals surface area contributed by atoms with Crippen LogP contribution in [0.4, 0.5) is 0 Å². The molecule has 1 N–H and O–H groups in total. The van der Waals surface area contributed by atoms with E-state index in [-0.39, 0.29) is 11.8 Å². The van der Waals surface area contributed by atoms with Crippen molar-refractivity contribution in [2.24, 2.45) is 0 Å². The lowest BCUT2D eigenvalue weighted by molar-refractivity contribution is -0.131. The molecule has 2 amide bonds. The molecule has 0 spiro atoms. The lowest BCUT2D eigenvalue weighted by Gasteiger charge is -2.23. The van der Waals surface area contributed by atoms with E-state index in [2.05, 4.69) is 15.1 Å². The second kappa shape index (κ2) is 7.79. The Labute approximate surface area is 143 Å². The third-order valence-corrected chi connectivity index (χ3v) is 4.92. The van der Waals surface area contributed by atoms with Gasteiger partial charge in [-0.2, -0.15) is 5.10 Å². The molecule has 0 unspecified atom stereocenters. The molecule has 24 heavy (non-hydrogen) atoms. The van der Waals surface area contributed by atoms with Crippen LogP contribution in [0.1, 0.15) is 42.4 Å². The third kappa shape index (κ3) is 3.95. The number of nitrogens with zero attached hydrogens (tertiary/aromatic N) is 4. The van der Waals surface area contributed by atoms with Crippen LogP contribution in [0.3, 0.4) is 0 Å². The molecule has 0 bridgehead atoms. The van der Waals surface area contributed by atoms with E-state index < -0.39 is 0 Å². The second-order valence-corrected chi connectivity index (χ2v) is 6.64. The van der Waals surface area contributed by atoms with Gasteiger partial charge in [-0.3, -0.25) is 19.6 Å². The number of hydrogen-bond donors (Lipinski definition) is 1. The Bertz CT molecular complexity index is 579. The molecule has 2 saturated heterocycles. The van der Waals surface area contributed by atoms with Crippen molar-refractivity contribution in [3.05, 3.63) is 17.5 Å². The number of hydrogen-bond acceptors (Lipinski definition) is 4. The first-order valence-corrected chi connectivity index (χ1v) is 9.01. The summed E-state index contributed by atoms with van der Waals surface area (Å²) in [6.45, 7) is 7.29. The number of aryl methyl sites for hydroxylation is 1. The fraction of sp³-hybridized carbons (Fsp3) is 0.706. The van der Waals surface area contributed by atoms with E-state index in [0.29, 0.717) is 18.8 Å². The first-order chi connectivity index (χ1) is 11.7. The molecule has 1 aromatic rings. The Morgan fingerprint density at radius 3 is 2.50 bits per heavy atom. The highest BCUT2D eigenvalue weighted by Gasteiger charge is 2.25. The highest BCUT2D eigenvalue weighted by Crippen LogP contribution is 2.11. The summed E-state index contributed by atoms with van der Waals surface area (Å²) in [6, 6.07) is 1.84. The van der Waals surface area contributed by atoms with Crippen molar-refractivity contribution in [3.63, 3.8) is 0 Å². The van der Waals surface area contributed by atoms with Crippen LogP contribution in [-0.4, -0.2) is 82.5 Å². The number of likely N-dealkylation sites (tertiary alicyclic amines) is 1. The minimum Gasteiger partial charge on any atom is -0.342 e. The van der Waals surface area contributed by atoms with Crippen LogP contribution in [0, 0.1) is 0 Å². The molecular formula is C17H27N5O2. The van der Waals surface area contributed by atoms with Gasteiger partial charge in [-0.15, -0.1) is 0 Å². The van der Waals surface area contributed by atoms with Crippen molar-refractivity contribution < 1.29 is 9.59 Å². The average molecular weight is 333 g/mol. The van der Waals surface area contributed by atoms with Crippen LogP contribution in [-0.2, 0) is 11.2 Å². The van der Waals surface area contributed by atoms with Gasteiger partial charge in [-0.05, 0) is 31.7 Å². The third-order valence-electron chi connectivity index (χ3n) is 4.92. The summed E-state index contributed by atoms with van der Waals surface area (Å²) in [5, 5.41) is 7.02. The van der Waals surface area contributed by atoms with Gasteiger partial charge in [-0.1, -0.05) is 6.92 Å². The van der Waals surface area contributed by atoms with E-state index in [9.17, 15) is 9.59 Å². The second-order valence-electron chi connectivity index (χ2n) is 6.64. The summed E-state index contributed by atoms with van der Waals surface area (Å²) < 4.78 is 0. The number of carbonyl (C=O) groups excluding carboxylic acids is 2. The molecule has 2 fully saturated rings. The van der Waals surface area contributed by atoms with Gasteiger partial charge in [0.1, 0.15) is 5.69 Å². The average Bonchev–Trinajstić information content (AvgIpc) is 3.23. The monoisotopic (exact) mass is 333 g/mol. The Kier molecular flexibility index (Phi) is 5.50.